The molecule has 4 rings (SSSR count). The van der Waals surface area contributed by atoms with E-state index < -0.39 is 0 Å². The van der Waals surface area contributed by atoms with Gasteiger partial charge < -0.3 is 24.5 Å². The normalized spacial score (nSPS) is 15.3. The van der Waals surface area contributed by atoms with Crippen molar-refractivity contribution in [1.82, 2.24) is 9.88 Å². The Morgan fingerprint density at radius 2 is 1.97 bits per heavy atom. The van der Waals surface area contributed by atoms with E-state index >= 15 is 0 Å². The Morgan fingerprint density at radius 1 is 1.25 bits per heavy atom. The van der Waals surface area contributed by atoms with E-state index in [0.717, 1.165) is 40.7 Å². The van der Waals surface area contributed by atoms with Crippen LogP contribution in [0.3, 0.4) is 0 Å². The molecule has 0 saturated heterocycles. The van der Waals surface area contributed by atoms with Gasteiger partial charge in [-0.2, -0.15) is 0 Å². The molecule has 2 heterocycles. The van der Waals surface area contributed by atoms with Crippen molar-refractivity contribution in [2.24, 2.45) is 0 Å². The summed E-state index contributed by atoms with van der Waals surface area (Å²) in [7, 11) is 1.70. The number of carbonyl (C=O) groups is 1. The lowest BCUT2D eigenvalue weighted by atomic mass is 9.93. The van der Waals surface area contributed by atoms with Crippen LogP contribution >= 0.6 is 11.6 Å². The highest BCUT2D eigenvalue weighted by molar-refractivity contribution is 6.31. The van der Waals surface area contributed by atoms with Crippen LogP contribution in [0.2, 0.25) is 5.02 Å². The van der Waals surface area contributed by atoms with E-state index in [0.29, 0.717) is 30.7 Å². The quantitative estimate of drug-likeness (QED) is 0.396. The topological polar surface area (TPSA) is 74.8 Å². The SMILES string of the molecule is COC(C)C.O=CN1CCc2c([nH]c3ccc(Cl)cc23)[C@@H]1c1ccc(OCCCO)cc1. The maximum absolute atomic E-state index is 11.7. The third kappa shape index (κ3) is 5.63. The molecule has 6 nitrogen and oxygen atoms in total. The van der Waals surface area contributed by atoms with Gasteiger partial charge in [-0.15, -0.1) is 0 Å². The van der Waals surface area contributed by atoms with Crippen LogP contribution in [0, 0.1) is 0 Å². The van der Waals surface area contributed by atoms with Crippen molar-refractivity contribution < 1.29 is 19.4 Å². The molecule has 1 aromatic heterocycles. The first-order valence-electron chi connectivity index (χ1n) is 10.9. The number of hydrogen-bond donors (Lipinski definition) is 2. The minimum atomic E-state index is -0.163. The van der Waals surface area contributed by atoms with E-state index in [1.807, 2.05) is 61.2 Å². The number of nitrogens with zero attached hydrogens (tertiary/aromatic N) is 1. The van der Waals surface area contributed by atoms with Gasteiger partial charge in [0.05, 0.1) is 18.8 Å². The second-order valence-electron chi connectivity index (χ2n) is 7.98. The Hall–Kier alpha value is -2.54. The predicted octanol–water partition coefficient (Wildman–Crippen LogP) is 4.73. The third-order valence-corrected chi connectivity index (χ3v) is 5.74. The van der Waals surface area contributed by atoms with E-state index in [9.17, 15) is 4.79 Å². The van der Waals surface area contributed by atoms with Crippen LogP contribution in [0.4, 0.5) is 0 Å². The van der Waals surface area contributed by atoms with Gasteiger partial charge in [-0.3, -0.25) is 4.79 Å². The van der Waals surface area contributed by atoms with Gasteiger partial charge in [0.1, 0.15) is 5.75 Å². The second kappa shape index (κ2) is 11.4. The number of amides is 1. The van der Waals surface area contributed by atoms with E-state index in [4.69, 9.17) is 26.2 Å². The van der Waals surface area contributed by atoms with Crippen molar-refractivity contribution in [1.29, 1.82) is 0 Å². The number of aliphatic hydroxyl groups is 1. The molecule has 2 aromatic carbocycles. The molecule has 0 spiro atoms. The molecule has 172 valence electrons. The summed E-state index contributed by atoms with van der Waals surface area (Å²) in [5.41, 5.74) is 4.32. The molecule has 0 bridgehead atoms. The molecule has 0 fully saturated rings. The van der Waals surface area contributed by atoms with Crippen LogP contribution in [-0.2, 0) is 16.0 Å². The van der Waals surface area contributed by atoms with E-state index in [2.05, 4.69) is 4.98 Å². The van der Waals surface area contributed by atoms with E-state index in [-0.39, 0.29) is 12.6 Å². The Bertz CT molecular complexity index is 1020. The molecule has 1 atom stereocenters. The standard InChI is InChI=1S/C21H21ClN2O3.C4H10O/c22-15-4-7-19-18(12-15)17-8-9-24(13-26)21(20(17)23-19)14-2-5-16(6-3-14)27-11-1-10-25;1-4(2)5-3/h2-7,12-13,21,23,25H,1,8-11H2;4H,1-3H3/t21-;/m0./s1. The van der Waals surface area contributed by atoms with Crippen LogP contribution < -0.4 is 4.74 Å². The number of fused-ring (bicyclic) bond motifs is 3. The summed E-state index contributed by atoms with van der Waals surface area (Å²) >= 11 is 6.19. The van der Waals surface area contributed by atoms with Crippen molar-refractivity contribution in [2.45, 2.75) is 38.8 Å². The molecule has 0 saturated carbocycles. The average molecular weight is 459 g/mol. The molecule has 0 aliphatic carbocycles. The predicted molar refractivity (Wildman–Crippen MR) is 127 cm³/mol. The number of carbonyl (C=O) groups excluding carboxylic acids is 1. The summed E-state index contributed by atoms with van der Waals surface area (Å²) < 4.78 is 10.4. The van der Waals surface area contributed by atoms with Gasteiger partial charge in [0.15, 0.2) is 0 Å². The van der Waals surface area contributed by atoms with Crippen LogP contribution in [0.5, 0.6) is 5.75 Å². The van der Waals surface area contributed by atoms with Gasteiger partial charge in [-0.05, 0) is 61.7 Å². The summed E-state index contributed by atoms with van der Waals surface area (Å²) in [6.07, 6.45) is 2.70. The number of hydrogen-bond acceptors (Lipinski definition) is 4. The molecule has 0 radical (unpaired) electrons. The molecule has 1 aliphatic rings. The zero-order chi connectivity index (χ0) is 23.1. The van der Waals surface area contributed by atoms with Gasteiger partial charge >= 0.3 is 0 Å². The van der Waals surface area contributed by atoms with Gasteiger partial charge in [-0.25, -0.2) is 0 Å². The Balaban J connectivity index is 0.000000523. The number of aliphatic hydroxyl groups excluding tert-OH is 1. The van der Waals surface area contributed by atoms with E-state index in [1.165, 1.54) is 5.56 Å². The van der Waals surface area contributed by atoms with Gasteiger partial charge in [0, 0.05) is 48.3 Å². The monoisotopic (exact) mass is 458 g/mol. The highest BCUT2D eigenvalue weighted by Crippen LogP contribution is 2.38. The summed E-state index contributed by atoms with van der Waals surface area (Å²) in [6.45, 7) is 5.25. The summed E-state index contributed by atoms with van der Waals surface area (Å²) in [5.74, 6) is 0.754. The first-order chi connectivity index (χ1) is 15.5. The zero-order valence-corrected chi connectivity index (χ0v) is 19.6. The maximum atomic E-state index is 11.7. The maximum Gasteiger partial charge on any atom is 0.210 e. The fraction of sp³-hybridized carbons (Fsp3) is 0.400. The van der Waals surface area contributed by atoms with Crippen molar-refractivity contribution in [3.63, 3.8) is 0 Å². The van der Waals surface area contributed by atoms with Gasteiger partial charge in [-0.1, -0.05) is 23.7 Å². The zero-order valence-electron chi connectivity index (χ0n) is 18.8. The lowest BCUT2D eigenvalue weighted by Crippen LogP contribution is -2.34. The number of aromatic amines is 1. The lowest BCUT2D eigenvalue weighted by molar-refractivity contribution is -0.120. The molecular weight excluding hydrogens is 428 g/mol. The smallest absolute Gasteiger partial charge is 0.210 e. The molecule has 7 heteroatoms. The second-order valence-corrected chi connectivity index (χ2v) is 8.42. The first kappa shape index (κ1) is 24.1. The molecule has 3 aromatic rings. The highest BCUT2D eigenvalue weighted by atomic mass is 35.5. The van der Waals surface area contributed by atoms with E-state index in [1.54, 1.807) is 7.11 Å². The number of halogens is 1. The molecule has 32 heavy (non-hydrogen) atoms. The Labute approximate surface area is 194 Å². The van der Waals surface area contributed by atoms with Crippen LogP contribution in [-0.4, -0.2) is 54.4 Å². The number of H-pyrrole nitrogens is 1. The minimum absolute atomic E-state index is 0.113. The minimum Gasteiger partial charge on any atom is -0.494 e. The third-order valence-electron chi connectivity index (χ3n) is 5.50. The highest BCUT2D eigenvalue weighted by Gasteiger charge is 2.31. The number of benzene rings is 2. The summed E-state index contributed by atoms with van der Waals surface area (Å²) in [6, 6.07) is 13.5. The lowest BCUT2D eigenvalue weighted by Gasteiger charge is -2.33. The first-order valence-corrected chi connectivity index (χ1v) is 11.2. The fourth-order valence-corrected chi connectivity index (χ4v) is 3.92. The molecular formula is C25H31ClN2O4. The number of nitrogens with one attached hydrogen (secondary N) is 1. The molecule has 1 amide bonds. The van der Waals surface area contributed by atoms with Crippen LogP contribution in [0.1, 0.15) is 43.1 Å². The Morgan fingerprint density at radius 3 is 2.59 bits per heavy atom. The molecule has 2 N–H and O–H groups in total. The number of methoxy groups -OCH3 is 1. The number of aromatic nitrogens is 1. The average Bonchev–Trinajstić information content (AvgIpc) is 3.17. The van der Waals surface area contributed by atoms with Crippen molar-refractivity contribution >= 4 is 28.9 Å². The van der Waals surface area contributed by atoms with Crippen LogP contribution in [0.15, 0.2) is 42.5 Å². The van der Waals surface area contributed by atoms with Gasteiger partial charge in [0.2, 0.25) is 6.41 Å². The summed E-state index contributed by atoms with van der Waals surface area (Å²) in [5, 5.41) is 10.7. The summed E-state index contributed by atoms with van der Waals surface area (Å²) in [4.78, 5) is 17.0. The van der Waals surface area contributed by atoms with Crippen molar-refractivity contribution in [3.05, 3.63) is 64.3 Å². The van der Waals surface area contributed by atoms with Crippen molar-refractivity contribution in [2.75, 3.05) is 26.9 Å². The largest absolute Gasteiger partial charge is 0.494 e. The molecule has 0 unspecified atom stereocenters. The number of rotatable bonds is 7. The van der Waals surface area contributed by atoms with Crippen molar-refractivity contribution in [3.8, 4) is 5.75 Å². The Kier molecular flexibility index (Phi) is 8.56. The number of ether oxygens (including phenoxy) is 2. The van der Waals surface area contributed by atoms with Crippen LogP contribution in [0.25, 0.3) is 10.9 Å². The molecule has 1 aliphatic heterocycles. The fourth-order valence-electron chi connectivity index (χ4n) is 3.75. The van der Waals surface area contributed by atoms with Gasteiger partial charge in [0.25, 0.3) is 0 Å².